The number of aliphatic imine (C=N–C) groups is 1. The van der Waals surface area contributed by atoms with Crippen molar-refractivity contribution in [3.8, 4) is 17.2 Å². The fourth-order valence-corrected chi connectivity index (χ4v) is 3.47. The van der Waals surface area contributed by atoms with Gasteiger partial charge in [0, 0.05) is 29.6 Å². The smallest absolute Gasteiger partial charge is 0.324 e. The van der Waals surface area contributed by atoms with E-state index in [2.05, 4.69) is 27.5 Å². The molecule has 3 rings (SSSR count). The summed E-state index contributed by atoms with van der Waals surface area (Å²) < 4.78 is 22.3. The zero-order valence-electron chi connectivity index (χ0n) is 20.1. The number of carbonyl (C=O) groups is 1. The van der Waals surface area contributed by atoms with Crippen LogP contribution in [0.1, 0.15) is 24.7 Å². The average molecular weight is 533 g/mol. The Hall–Kier alpha value is -3.69. The second kappa shape index (κ2) is 12.9. The van der Waals surface area contributed by atoms with Crippen molar-refractivity contribution in [3.05, 3.63) is 58.8 Å². The number of aromatic nitrogens is 1. The molecule has 2 N–H and O–H groups in total. The average Bonchev–Trinajstić information content (AvgIpc) is 3.28. The summed E-state index contributed by atoms with van der Waals surface area (Å²) in [4.78, 5) is 16.4. The molecule has 0 aliphatic heterocycles. The van der Waals surface area contributed by atoms with Crippen molar-refractivity contribution in [2.45, 2.75) is 20.3 Å². The quantitative estimate of drug-likeness (QED) is 0.118. The highest BCUT2D eigenvalue weighted by molar-refractivity contribution is 6.34. The number of ether oxygens (including phenoxy) is 3. The number of hydrogen-bond donors (Lipinski definition) is 2. The number of anilines is 2. The maximum atomic E-state index is 12.2. The van der Waals surface area contributed by atoms with Gasteiger partial charge in [-0.05, 0) is 51.3 Å². The van der Waals surface area contributed by atoms with Crippen LogP contribution in [-0.2, 0) is 0 Å². The third-order valence-electron chi connectivity index (χ3n) is 4.80. The Kier molecular flexibility index (Phi) is 9.61. The van der Waals surface area contributed by atoms with Crippen LogP contribution < -0.4 is 24.8 Å². The van der Waals surface area contributed by atoms with E-state index >= 15 is 0 Å². The number of halogens is 2. The van der Waals surface area contributed by atoms with Gasteiger partial charge in [0.05, 0.1) is 30.1 Å². The Labute approximate surface area is 219 Å². The predicted molar refractivity (Wildman–Crippen MR) is 143 cm³/mol. The molecule has 11 heteroatoms. The van der Waals surface area contributed by atoms with Gasteiger partial charge in [-0.15, -0.1) is 11.6 Å². The van der Waals surface area contributed by atoms with Crippen molar-refractivity contribution in [3.63, 3.8) is 0 Å². The van der Waals surface area contributed by atoms with E-state index in [1.807, 2.05) is 6.92 Å². The summed E-state index contributed by atoms with van der Waals surface area (Å²) in [6.07, 6.45) is 2.48. The van der Waals surface area contributed by atoms with Crippen molar-refractivity contribution >= 4 is 58.9 Å². The van der Waals surface area contributed by atoms with Crippen LogP contribution in [0.3, 0.4) is 0 Å². The van der Waals surface area contributed by atoms with Gasteiger partial charge in [0.15, 0.2) is 17.3 Å². The van der Waals surface area contributed by atoms with Gasteiger partial charge in [-0.2, -0.15) is 0 Å². The van der Waals surface area contributed by atoms with Crippen LogP contribution in [0.5, 0.6) is 17.2 Å². The number of carbonyl (C=O) groups excluding carboxylic acids is 1. The largest absolute Gasteiger partial charge is 0.493 e. The molecule has 0 bridgehead atoms. The summed E-state index contributed by atoms with van der Waals surface area (Å²) >= 11 is 12.1. The van der Waals surface area contributed by atoms with Gasteiger partial charge < -0.3 is 24.1 Å². The van der Waals surface area contributed by atoms with Crippen molar-refractivity contribution < 1.29 is 23.5 Å². The lowest BCUT2D eigenvalue weighted by Gasteiger charge is -2.17. The Balaban J connectivity index is 1.77. The summed E-state index contributed by atoms with van der Waals surface area (Å²) in [6.45, 7) is 7.66. The molecule has 0 radical (unpaired) electrons. The summed E-state index contributed by atoms with van der Waals surface area (Å²) in [5, 5.41) is 9.21. The van der Waals surface area contributed by atoms with E-state index in [-0.39, 0.29) is 10.8 Å². The summed E-state index contributed by atoms with van der Waals surface area (Å²) in [5.74, 6) is 3.35. The first-order valence-corrected chi connectivity index (χ1v) is 11.8. The van der Waals surface area contributed by atoms with Gasteiger partial charge in [0.1, 0.15) is 17.3 Å². The van der Waals surface area contributed by atoms with Gasteiger partial charge >= 0.3 is 6.03 Å². The Morgan fingerprint density at radius 1 is 1.22 bits per heavy atom. The zero-order chi connectivity index (χ0) is 26.1. The van der Waals surface area contributed by atoms with E-state index in [0.717, 1.165) is 0 Å². The maximum Gasteiger partial charge on any atom is 0.324 e. The molecule has 2 amide bonds. The van der Waals surface area contributed by atoms with Gasteiger partial charge in [0.2, 0.25) is 0 Å². The molecule has 36 heavy (non-hydrogen) atoms. The lowest BCUT2D eigenvalue weighted by Crippen LogP contribution is -2.19. The molecule has 1 heterocycles. The van der Waals surface area contributed by atoms with Gasteiger partial charge in [-0.25, -0.2) is 4.79 Å². The number of nitrogens with zero attached hydrogens (tertiary/aromatic N) is 2. The molecule has 0 aliphatic rings. The second-order valence-electron chi connectivity index (χ2n) is 7.37. The van der Waals surface area contributed by atoms with Crippen LogP contribution in [0.25, 0.3) is 5.76 Å². The number of alkyl halides is 1. The third kappa shape index (κ3) is 6.93. The van der Waals surface area contributed by atoms with Gasteiger partial charge in [0.25, 0.3) is 0 Å². The number of benzene rings is 2. The number of amides is 2. The standard InChI is InChI=1S/C25H26Cl2N4O5/c1-5-21(17-13-22(33-4)23(14-20(17)28-3)34-10-6-9-26)35-16-7-8-19(18(27)12-16)29-25(32)30-24-11-15(2)36-31-24/h5,7-8,11-14H,3,6,9-10H2,1-2,4H3,(H2,29,30,31,32)/b21-5+. The Morgan fingerprint density at radius 3 is 2.64 bits per heavy atom. The molecule has 0 fully saturated rings. The number of aryl methyl sites for hydroxylation is 1. The first kappa shape index (κ1) is 26.9. The molecule has 0 saturated heterocycles. The van der Waals surface area contributed by atoms with E-state index in [1.54, 1.807) is 56.5 Å². The van der Waals surface area contributed by atoms with Crippen LogP contribution >= 0.6 is 23.2 Å². The highest BCUT2D eigenvalue weighted by atomic mass is 35.5. The molecular formula is C25H26Cl2N4O5. The van der Waals surface area contributed by atoms with Crippen LogP contribution in [0, 0.1) is 6.92 Å². The highest BCUT2D eigenvalue weighted by Crippen LogP contribution is 2.39. The van der Waals surface area contributed by atoms with Crippen LogP contribution in [0.2, 0.25) is 5.02 Å². The summed E-state index contributed by atoms with van der Waals surface area (Å²) in [7, 11) is 1.55. The molecule has 0 spiro atoms. The van der Waals surface area contributed by atoms with E-state index in [9.17, 15) is 4.79 Å². The molecule has 9 nitrogen and oxygen atoms in total. The van der Waals surface area contributed by atoms with E-state index < -0.39 is 6.03 Å². The summed E-state index contributed by atoms with van der Waals surface area (Å²) in [5.41, 5.74) is 1.58. The molecule has 0 unspecified atom stereocenters. The van der Waals surface area contributed by atoms with Crippen LogP contribution in [-0.4, -0.2) is 37.5 Å². The number of urea groups is 1. The first-order valence-electron chi connectivity index (χ1n) is 10.9. The second-order valence-corrected chi connectivity index (χ2v) is 8.15. The van der Waals surface area contributed by atoms with Crippen molar-refractivity contribution in [2.75, 3.05) is 30.2 Å². The van der Waals surface area contributed by atoms with E-state index in [4.69, 9.17) is 41.9 Å². The minimum Gasteiger partial charge on any atom is -0.493 e. The number of hydrogen-bond acceptors (Lipinski definition) is 7. The highest BCUT2D eigenvalue weighted by Gasteiger charge is 2.17. The fourth-order valence-electron chi connectivity index (χ4n) is 3.14. The van der Waals surface area contributed by atoms with Crippen molar-refractivity contribution in [1.82, 2.24) is 5.16 Å². The maximum absolute atomic E-state index is 12.2. The van der Waals surface area contributed by atoms with E-state index in [0.29, 0.717) is 64.6 Å². The Bertz CT molecular complexity index is 1260. The van der Waals surface area contributed by atoms with Gasteiger partial charge in [-0.1, -0.05) is 16.8 Å². The van der Waals surface area contributed by atoms with Crippen LogP contribution in [0.4, 0.5) is 22.0 Å². The number of methoxy groups -OCH3 is 1. The molecular weight excluding hydrogens is 507 g/mol. The van der Waals surface area contributed by atoms with Crippen LogP contribution in [0.15, 0.2) is 52.0 Å². The number of allylic oxidation sites excluding steroid dienone is 1. The fraction of sp³-hybridized carbons (Fsp3) is 0.240. The topological polar surface area (TPSA) is 107 Å². The number of rotatable bonds is 11. The third-order valence-corrected chi connectivity index (χ3v) is 5.38. The molecule has 2 aromatic carbocycles. The van der Waals surface area contributed by atoms with Crippen molar-refractivity contribution in [1.29, 1.82) is 0 Å². The van der Waals surface area contributed by atoms with E-state index in [1.165, 1.54) is 0 Å². The minimum atomic E-state index is -0.518. The lowest BCUT2D eigenvalue weighted by atomic mass is 10.1. The van der Waals surface area contributed by atoms with Crippen molar-refractivity contribution in [2.24, 2.45) is 4.99 Å². The zero-order valence-corrected chi connectivity index (χ0v) is 21.6. The molecule has 3 aromatic rings. The molecule has 0 atom stereocenters. The van der Waals surface area contributed by atoms with Gasteiger partial charge in [-0.3, -0.25) is 10.3 Å². The first-order chi connectivity index (χ1) is 17.4. The monoisotopic (exact) mass is 532 g/mol. The number of nitrogens with one attached hydrogen (secondary N) is 2. The summed E-state index contributed by atoms with van der Waals surface area (Å²) in [6, 6.07) is 9.46. The molecule has 0 aliphatic carbocycles. The molecule has 0 saturated carbocycles. The molecule has 1 aromatic heterocycles. The normalized spacial score (nSPS) is 11.1. The Morgan fingerprint density at radius 2 is 2.03 bits per heavy atom. The molecule has 190 valence electrons. The minimum absolute atomic E-state index is 0.275. The lowest BCUT2D eigenvalue weighted by molar-refractivity contribution is 0.262. The SMILES string of the molecule is C=Nc1cc(OCCCCl)c(OC)cc1/C(=C\C)Oc1ccc(NC(=O)Nc2cc(C)on2)c(Cl)c1. The predicted octanol–water partition coefficient (Wildman–Crippen LogP) is 7.07.